The summed E-state index contributed by atoms with van der Waals surface area (Å²) < 4.78 is 49.5. The summed E-state index contributed by atoms with van der Waals surface area (Å²) >= 11 is 0. The molecule has 2 atom stereocenters. The molecule has 0 spiro atoms. The number of nitrogens with one attached hydrogen (secondary N) is 1. The molecule has 12 heteroatoms. The molecule has 0 amide bonds. The van der Waals surface area contributed by atoms with Gasteiger partial charge >= 0.3 is 0 Å². The van der Waals surface area contributed by atoms with Gasteiger partial charge in [0.1, 0.15) is 21.0 Å². The lowest BCUT2D eigenvalue weighted by Crippen LogP contribution is -2.47. The van der Waals surface area contributed by atoms with Gasteiger partial charge in [-0.15, -0.1) is 6.58 Å². The Hall–Kier alpha value is -2.54. The average molecular weight is 509 g/mol. The second kappa shape index (κ2) is 10.8. The summed E-state index contributed by atoms with van der Waals surface area (Å²) in [6.07, 6.45) is 5.99. The second-order valence-corrected chi connectivity index (χ2v) is 12.9. The number of nitrogen functional groups attached to an aromatic ring is 2. The van der Waals surface area contributed by atoms with Crippen molar-refractivity contribution in [1.29, 1.82) is 0 Å². The Balaban J connectivity index is 1.70. The van der Waals surface area contributed by atoms with Gasteiger partial charge in [-0.3, -0.25) is 4.90 Å². The third-order valence-electron chi connectivity index (χ3n) is 5.84. The lowest BCUT2D eigenvalue weighted by atomic mass is 9.98. The summed E-state index contributed by atoms with van der Waals surface area (Å²) in [5.41, 5.74) is 12.7. The number of benzene rings is 1. The van der Waals surface area contributed by atoms with Crippen molar-refractivity contribution in [3.05, 3.63) is 43.1 Å². The molecule has 3 rings (SSSR count). The van der Waals surface area contributed by atoms with Gasteiger partial charge in [0, 0.05) is 31.1 Å². The van der Waals surface area contributed by atoms with E-state index in [9.17, 15) is 16.8 Å². The Morgan fingerprint density at radius 1 is 1.24 bits per heavy atom. The smallest absolute Gasteiger partial charge is 0.221 e. The molecule has 0 radical (unpaired) electrons. The molecule has 0 aliphatic carbocycles. The fourth-order valence-electron chi connectivity index (χ4n) is 4.13. The molecule has 1 aromatic carbocycles. The first kappa shape index (κ1) is 26.1. The van der Waals surface area contributed by atoms with Gasteiger partial charge < -0.3 is 16.8 Å². The highest BCUT2D eigenvalue weighted by atomic mass is 32.2. The zero-order valence-electron chi connectivity index (χ0n) is 19.2. The van der Waals surface area contributed by atoms with E-state index in [1.807, 2.05) is 4.90 Å². The van der Waals surface area contributed by atoms with Gasteiger partial charge in [-0.1, -0.05) is 18.2 Å². The normalized spacial score (nSPS) is 18.4. The van der Waals surface area contributed by atoms with Crippen LogP contribution < -0.4 is 16.8 Å². The summed E-state index contributed by atoms with van der Waals surface area (Å²) in [7, 11) is -6.72. The molecule has 2 aromatic rings. The number of likely N-dealkylation sites (tertiary alicyclic amines) is 1. The topological polar surface area (TPSA) is 161 Å². The minimum Gasteiger partial charge on any atom is -0.383 e. The maximum absolute atomic E-state index is 13.4. The van der Waals surface area contributed by atoms with Crippen molar-refractivity contribution in [1.82, 2.24) is 20.2 Å². The maximum atomic E-state index is 13.4. The molecule has 186 valence electrons. The lowest BCUT2D eigenvalue weighted by molar-refractivity contribution is 0.172. The number of sulfone groups is 2. The van der Waals surface area contributed by atoms with E-state index in [2.05, 4.69) is 21.9 Å². The van der Waals surface area contributed by atoms with Crippen molar-refractivity contribution < 1.29 is 16.8 Å². The Bertz CT molecular complexity index is 1220. The fraction of sp³-hybridized carbons (Fsp3) is 0.455. The molecule has 1 fully saturated rings. The SMILES string of the molecule is C=CC(N1CCCC(CNCCS(C)(=O)=O)C1)S(=O)(=O)c1ccc(-c2cnc(N)nc2N)cc1. The van der Waals surface area contributed by atoms with E-state index in [1.54, 1.807) is 24.3 Å². The van der Waals surface area contributed by atoms with Crippen LogP contribution in [0.5, 0.6) is 0 Å². The van der Waals surface area contributed by atoms with Crippen molar-refractivity contribution in [3.63, 3.8) is 0 Å². The first-order valence-corrected chi connectivity index (χ1v) is 14.6. The van der Waals surface area contributed by atoms with Crippen molar-refractivity contribution in [2.24, 2.45) is 5.92 Å². The van der Waals surface area contributed by atoms with Crippen molar-refractivity contribution in [3.8, 4) is 11.1 Å². The first-order chi connectivity index (χ1) is 16.0. The van der Waals surface area contributed by atoms with E-state index >= 15 is 0 Å². The monoisotopic (exact) mass is 508 g/mol. The quantitative estimate of drug-likeness (QED) is 0.311. The minimum atomic E-state index is -3.71. The first-order valence-electron chi connectivity index (χ1n) is 11.0. The van der Waals surface area contributed by atoms with Crippen LogP contribution in [0.4, 0.5) is 11.8 Å². The Labute approximate surface area is 201 Å². The Kier molecular flexibility index (Phi) is 8.29. The van der Waals surface area contributed by atoms with Gasteiger partial charge in [-0.25, -0.2) is 21.8 Å². The highest BCUT2D eigenvalue weighted by Gasteiger charge is 2.33. The van der Waals surface area contributed by atoms with Gasteiger partial charge in [0.25, 0.3) is 0 Å². The van der Waals surface area contributed by atoms with Gasteiger partial charge in [0.15, 0.2) is 9.84 Å². The molecule has 5 N–H and O–H groups in total. The molecule has 1 saturated heterocycles. The van der Waals surface area contributed by atoms with E-state index in [4.69, 9.17) is 11.5 Å². The number of rotatable bonds is 10. The highest BCUT2D eigenvalue weighted by Crippen LogP contribution is 2.29. The number of hydrogen-bond donors (Lipinski definition) is 3. The van der Waals surface area contributed by atoms with E-state index in [0.717, 1.165) is 12.8 Å². The number of nitrogens with two attached hydrogens (primary N) is 2. The summed E-state index contributed by atoms with van der Waals surface area (Å²) in [6, 6.07) is 6.43. The van der Waals surface area contributed by atoms with Crippen LogP contribution in [-0.2, 0) is 19.7 Å². The van der Waals surface area contributed by atoms with Crippen molar-refractivity contribution in [2.75, 3.05) is 49.7 Å². The Morgan fingerprint density at radius 3 is 2.56 bits per heavy atom. The van der Waals surface area contributed by atoms with E-state index < -0.39 is 25.0 Å². The number of hydrogen-bond acceptors (Lipinski definition) is 10. The number of nitrogens with zero attached hydrogens (tertiary/aromatic N) is 3. The predicted molar refractivity (Wildman–Crippen MR) is 134 cm³/mol. The standard InChI is InChI=1S/C22H32N6O4S2/c1-3-20(28-11-4-5-16(15-28)13-25-10-12-33(2,29)30)34(31,32)18-8-6-17(7-9-18)19-14-26-22(24)27-21(19)23/h3,6-9,14,16,20,25H,1,4-5,10-13,15H2,2H3,(H4,23,24,26,27). The van der Waals surface area contributed by atoms with Gasteiger partial charge in [-0.05, 0) is 49.5 Å². The van der Waals surface area contributed by atoms with Crippen LogP contribution in [0.2, 0.25) is 0 Å². The average Bonchev–Trinajstić information content (AvgIpc) is 2.77. The maximum Gasteiger partial charge on any atom is 0.221 e. The molecule has 1 aliphatic rings. The van der Waals surface area contributed by atoms with E-state index in [1.165, 1.54) is 18.5 Å². The summed E-state index contributed by atoms with van der Waals surface area (Å²) in [6.45, 7) is 6.04. The summed E-state index contributed by atoms with van der Waals surface area (Å²) in [4.78, 5) is 10.00. The molecule has 34 heavy (non-hydrogen) atoms. The van der Waals surface area contributed by atoms with Crippen LogP contribution in [0, 0.1) is 5.92 Å². The van der Waals surface area contributed by atoms with Crippen LogP contribution in [0.15, 0.2) is 48.0 Å². The second-order valence-electron chi connectivity index (χ2n) is 8.56. The molecule has 0 bridgehead atoms. The molecular formula is C22H32N6O4S2. The van der Waals surface area contributed by atoms with Gasteiger partial charge in [0.05, 0.1) is 10.6 Å². The third kappa shape index (κ3) is 6.53. The van der Waals surface area contributed by atoms with Crippen molar-refractivity contribution >= 4 is 31.4 Å². The third-order valence-corrected chi connectivity index (χ3v) is 8.84. The molecule has 2 unspecified atom stereocenters. The molecule has 0 saturated carbocycles. The van der Waals surface area contributed by atoms with Crippen LogP contribution in [0.1, 0.15) is 12.8 Å². The highest BCUT2D eigenvalue weighted by molar-refractivity contribution is 7.92. The van der Waals surface area contributed by atoms with Crippen LogP contribution in [0.3, 0.4) is 0 Å². The van der Waals surface area contributed by atoms with E-state index in [-0.39, 0.29) is 28.3 Å². The van der Waals surface area contributed by atoms with Crippen LogP contribution >= 0.6 is 0 Å². The molecule has 1 aliphatic heterocycles. The number of piperidine rings is 1. The van der Waals surface area contributed by atoms with Gasteiger partial charge in [-0.2, -0.15) is 4.98 Å². The lowest BCUT2D eigenvalue weighted by Gasteiger charge is -2.36. The molecule has 2 heterocycles. The molecule has 10 nitrogen and oxygen atoms in total. The van der Waals surface area contributed by atoms with Crippen LogP contribution in [0.25, 0.3) is 11.1 Å². The predicted octanol–water partition coefficient (Wildman–Crippen LogP) is 0.940. The largest absolute Gasteiger partial charge is 0.383 e. The van der Waals surface area contributed by atoms with E-state index in [0.29, 0.717) is 37.3 Å². The Morgan fingerprint density at radius 2 is 1.94 bits per heavy atom. The molecular weight excluding hydrogens is 476 g/mol. The zero-order chi connectivity index (χ0) is 24.9. The summed E-state index contributed by atoms with van der Waals surface area (Å²) in [5, 5.41) is 2.32. The number of aromatic nitrogens is 2. The number of anilines is 2. The molecule has 1 aromatic heterocycles. The van der Waals surface area contributed by atoms with Crippen LogP contribution in [-0.4, -0.2) is 75.3 Å². The fourth-order valence-corrected chi connectivity index (χ4v) is 6.27. The summed E-state index contributed by atoms with van der Waals surface area (Å²) in [5.74, 6) is 0.593. The van der Waals surface area contributed by atoms with Crippen molar-refractivity contribution in [2.45, 2.75) is 23.1 Å². The zero-order valence-corrected chi connectivity index (χ0v) is 20.9. The minimum absolute atomic E-state index is 0.0692. The van der Waals surface area contributed by atoms with Gasteiger partial charge in [0.2, 0.25) is 5.95 Å².